The molecule has 0 aromatic heterocycles. The maximum atomic E-state index is 13.4. The van der Waals surface area contributed by atoms with E-state index in [9.17, 15) is 18.7 Å². The molecule has 1 N–H and O–H groups in total. The van der Waals surface area contributed by atoms with E-state index in [-0.39, 0.29) is 23.7 Å². The first-order valence-electron chi connectivity index (χ1n) is 4.96. The average Bonchev–Trinajstić information content (AvgIpc) is 2.19. The summed E-state index contributed by atoms with van der Waals surface area (Å²) in [6, 6.07) is 1.54. The van der Waals surface area contributed by atoms with Crippen LogP contribution in [0.15, 0.2) is 12.1 Å². The van der Waals surface area contributed by atoms with Crippen LogP contribution in [0.5, 0.6) is 0 Å². The minimum absolute atomic E-state index is 0.107. The molecule has 1 aliphatic heterocycles. The van der Waals surface area contributed by atoms with Gasteiger partial charge in [0.25, 0.3) is 5.91 Å². The van der Waals surface area contributed by atoms with E-state index in [4.69, 9.17) is 11.6 Å². The molecule has 92 valence electrons. The Morgan fingerprint density at radius 3 is 2.53 bits per heavy atom. The van der Waals surface area contributed by atoms with Gasteiger partial charge in [-0.1, -0.05) is 11.6 Å². The summed E-state index contributed by atoms with van der Waals surface area (Å²) >= 11 is 5.38. The van der Waals surface area contributed by atoms with Crippen molar-refractivity contribution in [2.45, 2.75) is 12.5 Å². The van der Waals surface area contributed by atoms with Gasteiger partial charge in [0, 0.05) is 0 Å². The third kappa shape index (κ3) is 2.25. The van der Waals surface area contributed by atoms with E-state index in [0.717, 1.165) is 12.1 Å². The number of nitrogens with zero attached hydrogens (tertiary/aromatic N) is 1. The molecule has 6 heteroatoms. The number of hydrogen-bond acceptors (Lipinski definition) is 2. The second-order valence-corrected chi connectivity index (χ2v) is 4.81. The second-order valence-electron chi connectivity index (χ2n) is 4.40. The van der Waals surface area contributed by atoms with Crippen LogP contribution >= 0.6 is 11.6 Å². The fourth-order valence-corrected chi connectivity index (χ4v) is 1.93. The monoisotopic (exact) mass is 261 g/mol. The van der Waals surface area contributed by atoms with Gasteiger partial charge in [-0.2, -0.15) is 0 Å². The number of carbonyl (C=O) groups is 1. The standard InChI is InChI=1S/C11H10ClF2NO2/c1-11(17)4-15(5-11)10(16)6-2-9(14)7(12)3-8(6)13/h2-3,17H,4-5H2,1H3. The Balaban J connectivity index is 2.24. The molecule has 0 aliphatic carbocycles. The number of likely N-dealkylation sites (tertiary alicyclic amines) is 1. The van der Waals surface area contributed by atoms with E-state index in [1.165, 1.54) is 4.90 Å². The number of hydrogen-bond donors (Lipinski definition) is 1. The molecule has 1 aromatic carbocycles. The number of amides is 1. The normalized spacial score (nSPS) is 17.8. The second kappa shape index (κ2) is 3.92. The molecule has 1 heterocycles. The predicted molar refractivity (Wildman–Crippen MR) is 57.9 cm³/mol. The summed E-state index contributed by atoms with van der Waals surface area (Å²) in [5.74, 6) is -2.36. The van der Waals surface area contributed by atoms with E-state index in [1.807, 2.05) is 0 Å². The van der Waals surface area contributed by atoms with Crippen molar-refractivity contribution in [1.29, 1.82) is 0 Å². The highest BCUT2D eigenvalue weighted by molar-refractivity contribution is 6.30. The molecule has 0 spiro atoms. The topological polar surface area (TPSA) is 40.5 Å². The van der Waals surface area contributed by atoms with Gasteiger partial charge in [-0.3, -0.25) is 4.79 Å². The Morgan fingerprint density at radius 1 is 1.41 bits per heavy atom. The first-order valence-corrected chi connectivity index (χ1v) is 5.34. The number of rotatable bonds is 1. The molecule has 0 radical (unpaired) electrons. The van der Waals surface area contributed by atoms with Crippen molar-refractivity contribution in [3.05, 3.63) is 34.4 Å². The molecule has 1 aliphatic rings. The molecule has 0 saturated carbocycles. The van der Waals surface area contributed by atoms with Crippen molar-refractivity contribution in [2.24, 2.45) is 0 Å². The zero-order chi connectivity index (χ0) is 12.8. The van der Waals surface area contributed by atoms with Gasteiger partial charge >= 0.3 is 0 Å². The minimum Gasteiger partial charge on any atom is -0.386 e. The van der Waals surface area contributed by atoms with Gasteiger partial charge in [-0.15, -0.1) is 0 Å². The lowest BCUT2D eigenvalue weighted by Gasteiger charge is -2.44. The minimum atomic E-state index is -0.947. The lowest BCUT2D eigenvalue weighted by atomic mass is 9.96. The number of halogens is 3. The van der Waals surface area contributed by atoms with E-state index in [2.05, 4.69) is 0 Å². The molecule has 1 saturated heterocycles. The average molecular weight is 262 g/mol. The van der Waals surface area contributed by atoms with Crippen LogP contribution in [-0.2, 0) is 0 Å². The van der Waals surface area contributed by atoms with Gasteiger partial charge in [-0.25, -0.2) is 8.78 Å². The summed E-state index contributed by atoms with van der Waals surface area (Å²) in [5.41, 5.74) is -1.32. The first-order chi connectivity index (χ1) is 7.80. The number of β-amino-alcohol motifs (C(OH)–C–C–N with tert-alkyl or cyclic N) is 1. The Morgan fingerprint density at radius 2 is 2.00 bits per heavy atom. The molecule has 0 atom stereocenters. The molecular weight excluding hydrogens is 252 g/mol. The van der Waals surface area contributed by atoms with E-state index >= 15 is 0 Å². The molecule has 0 unspecified atom stereocenters. The zero-order valence-electron chi connectivity index (χ0n) is 9.01. The number of carbonyl (C=O) groups excluding carboxylic acids is 1. The van der Waals surface area contributed by atoms with Crippen molar-refractivity contribution in [3.8, 4) is 0 Å². The van der Waals surface area contributed by atoms with Crippen LogP contribution in [0.2, 0.25) is 5.02 Å². The predicted octanol–water partition coefficient (Wildman–Crippen LogP) is 1.83. The van der Waals surface area contributed by atoms with Crippen LogP contribution in [0.4, 0.5) is 8.78 Å². The highest BCUT2D eigenvalue weighted by Crippen LogP contribution is 2.25. The van der Waals surface area contributed by atoms with E-state index in [1.54, 1.807) is 6.92 Å². The van der Waals surface area contributed by atoms with E-state index in [0.29, 0.717) is 0 Å². The smallest absolute Gasteiger partial charge is 0.257 e. The van der Waals surface area contributed by atoms with Gasteiger partial charge in [0.1, 0.15) is 11.6 Å². The molecular formula is C11H10ClF2NO2. The largest absolute Gasteiger partial charge is 0.386 e. The van der Waals surface area contributed by atoms with Gasteiger partial charge in [0.15, 0.2) is 0 Å². The molecule has 3 nitrogen and oxygen atoms in total. The van der Waals surface area contributed by atoms with Crippen LogP contribution in [0, 0.1) is 11.6 Å². The molecule has 1 aromatic rings. The van der Waals surface area contributed by atoms with Gasteiger partial charge in [-0.05, 0) is 19.1 Å². The SMILES string of the molecule is CC1(O)CN(C(=O)c2cc(F)c(Cl)cc2F)C1. The maximum Gasteiger partial charge on any atom is 0.257 e. The molecule has 1 fully saturated rings. The number of aliphatic hydroxyl groups is 1. The third-order valence-corrected chi connectivity index (χ3v) is 2.88. The van der Waals surface area contributed by atoms with Crippen LogP contribution in [0.25, 0.3) is 0 Å². The van der Waals surface area contributed by atoms with Gasteiger partial charge in [0.2, 0.25) is 0 Å². The Kier molecular flexibility index (Phi) is 2.83. The Labute approximate surface area is 102 Å². The van der Waals surface area contributed by atoms with Crippen LogP contribution in [-0.4, -0.2) is 34.6 Å². The third-order valence-electron chi connectivity index (χ3n) is 2.59. The Hall–Kier alpha value is -1.20. The van der Waals surface area contributed by atoms with Crippen molar-refractivity contribution < 1.29 is 18.7 Å². The fourth-order valence-electron chi connectivity index (χ4n) is 1.78. The Bertz CT molecular complexity index is 483. The molecule has 2 rings (SSSR count). The fraction of sp³-hybridized carbons (Fsp3) is 0.364. The molecule has 0 bridgehead atoms. The number of benzene rings is 1. The van der Waals surface area contributed by atoms with Crippen LogP contribution in [0.1, 0.15) is 17.3 Å². The zero-order valence-corrected chi connectivity index (χ0v) is 9.76. The lowest BCUT2D eigenvalue weighted by Crippen LogP contribution is -2.61. The maximum absolute atomic E-state index is 13.4. The molecule has 17 heavy (non-hydrogen) atoms. The first kappa shape index (κ1) is 12.3. The van der Waals surface area contributed by atoms with Crippen molar-refractivity contribution in [2.75, 3.05) is 13.1 Å². The summed E-state index contributed by atoms with van der Waals surface area (Å²) in [6.45, 7) is 1.78. The summed E-state index contributed by atoms with van der Waals surface area (Å²) < 4.78 is 26.6. The highest BCUT2D eigenvalue weighted by Gasteiger charge is 2.40. The van der Waals surface area contributed by atoms with Gasteiger partial charge < -0.3 is 10.0 Å². The van der Waals surface area contributed by atoms with Crippen LogP contribution in [0.3, 0.4) is 0 Å². The van der Waals surface area contributed by atoms with Gasteiger partial charge in [0.05, 0.1) is 29.3 Å². The van der Waals surface area contributed by atoms with Crippen molar-refractivity contribution in [3.63, 3.8) is 0 Å². The summed E-state index contributed by atoms with van der Waals surface area (Å²) in [7, 11) is 0. The van der Waals surface area contributed by atoms with Crippen molar-refractivity contribution >= 4 is 17.5 Å². The van der Waals surface area contributed by atoms with Crippen LogP contribution < -0.4 is 0 Å². The summed E-state index contributed by atoms with van der Waals surface area (Å²) in [4.78, 5) is 13.0. The quantitative estimate of drug-likeness (QED) is 0.784. The summed E-state index contributed by atoms with van der Waals surface area (Å²) in [5, 5.41) is 9.10. The summed E-state index contributed by atoms with van der Waals surface area (Å²) in [6.07, 6.45) is 0. The lowest BCUT2D eigenvalue weighted by molar-refractivity contribution is -0.0670. The molecule has 1 amide bonds. The highest BCUT2D eigenvalue weighted by atomic mass is 35.5. The van der Waals surface area contributed by atoms with Crippen molar-refractivity contribution in [1.82, 2.24) is 4.90 Å². The van der Waals surface area contributed by atoms with E-state index < -0.39 is 23.1 Å².